The highest BCUT2D eigenvalue weighted by Crippen LogP contribution is 2.44. The van der Waals surface area contributed by atoms with E-state index in [9.17, 15) is 27.6 Å². The highest BCUT2D eigenvalue weighted by Gasteiger charge is 2.50. The highest BCUT2D eigenvalue weighted by molar-refractivity contribution is 8.00. The van der Waals surface area contributed by atoms with Gasteiger partial charge in [0.2, 0.25) is 5.91 Å². The predicted molar refractivity (Wildman–Crippen MR) is 150 cm³/mol. The molecule has 0 spiro atoms. The monoisotopic (exact) mass is 608 g/mol. The smallest absolute Gasteiger partial charge is 0.365 e. The first-order valence-electron chi connectivity index (χ1n) is 13.1. The number of benzene rings is 2. The van der Waals surface area contributed by atoms with E-state index in [0.717, 1.165) is 30.0 Å². The average Bonchev–Trinajstić information content (AvgIpc) is 2.92. The molecule has 0 radical (unpaired) electrons. The van der Waals surface area contributed by atoms with Crippen molar-refractivity contribution in [1.29, 1.82) is 0 Å². The molecule has 1 atom stereocenters. The van der Waals surface area contributed by atoms with Gasteiger partial charge in [-0.05, 0) is 49.2 Å². The largest absolute Gasteiger partial charge is 0.493 e. The Bertz CT molecular complexity index is 1340. The van der Waals surface area contributed by atoms with E-state index < -0.39 is 23.6 Å². The Morgan fingerprint density at radius 1 is 1.10 bits per heavy atom. The van der Waals surface area contributed by atoms with Crippen LogP contribution in [0.1, 0.15) is 25.7 Å². The van der Waals surface area contributed by atoms with Crippen molar-refractivity contribution in [2.45, 2.75) is 42.6 Å². The summed E-state index contributed by atoms with van der Waals surface area (Å²) in [5.74, 6) is -3.07. The van der Waals surface area contributed by atoms with Crippen molar-refractivity contribution in [3.8, 4) is 0 Å². The van der Waals surface area contributed by atoms with Crippen molar-refractivity contribution in [2.75, 3.05) is 36.5 Å². The maximum Gasteiger partial charge on any atom is 0.493 e. The van der Waals surface area contributed by atoms with Crippen LogP contribution in [-0.4, -0.2) is 71.4 Å². The van der Waals surface area contributed by atoms with Crippen LogP contribution in [-0.2, 0) is 19.2 Å². The average molecular weight is 609 g/mol. The molecule has 13 heteroatoms. The van der Waals surface area contributed by atoms with Gasteiger partial charge in [0.25, 0.3) is 5.91 Å². The molecular formula is C28H28ClF3N4O4S. The molecular weight excluding hydrogens is 581 g/mol. The van der Waals surface area contributed by atoms with Crippen LogP contribution in [0.4, 0.5) is 24.5 Å². The fraction of sp³-hybridized carbons (Fsp3) is 0.393. The van der Waals surface area contributed by atoms with Crippen molar-refractivity contribution in [1.82, 2.24) is 9.96 Å². The summed E-state index contributed by atoms with van der Waals surface area (Å²) in [5.41, 5.74) is 0.484. The van der Waals surface area contributed by atoms with Crippen molar-refractivity contribution >= 4 is 52.5 Å². The lowest BCUT2D eigenvalue weighted by Crippen LogP contribution is -2.59. The predicted octanol–water partition coefficient (Wildman–Crippen LogP) is 5.20. The lowest BCUT2D eigenvalue weighted by Gasteiger charge is -2.48. The number of hydrogen-bond donors (Lipinski definition) is 0. The lowest BCUT2D eigenvalue weighted by atomic mass is 10.00. The quantitative estimate of drug-likeness (QED) is 0.428. The number of hydrogen-bond acceptors (Lipinski definition) is 7. The van der Waals surface area contributed by atoms with E-state index in [0.29, 0.717) is 10.7 Å². The number of nitrogens with zero attached hydrogens (tertiary/aromatic N) is 4. The van der Waals surface area contributed by atoms with Gasteiger partial charge in [0, 0.05) is 41.7 Å². The zero-order valence-electron chi connectivity index (χ0n) is 22.1. The van der Waals surface area contributed by atoms with E-state index in [2.05, 4.69) is 0 Å². The number of carbonyl (C=O) groups is 3. The molecule has 0 N–H and O–H groups in total. The zero-order valence-corrected chi connectivity index (χ0v) is 23.7. The van der Waals surface area contributed by atoms with Crippen LogP contribution in [0.15, 0.2) is 65.9 Å². The summed E-state index contributed by atoms with van der Waals surface area (Å²) in [7, 11) is 1.75. The maximum atomic E-state index is 14.0. The Morgan fingerprint density at radius 2 is 1.78 bits per heavy atom. The Morgan fingerprint density at radius 3 is 2.39 bits per heavy atom. The molecule has 1 fully saturated rings. The van der Waals surface area contributed by atoms with Crippen LogP contribution in [0, 0.1) is 0 Å². The van der Waals surface area contributed by atoms with Gasteiger partial charge in [0.05, 0.1) is 24.4 Å². The molecule has 0 aromatic heterocycles. The van der Waals surface area contributed by atoms with Crippen LogP contribution < -0.4 is 9.80 Å². The Balaban J connectivity index is 1.46. The van der Waals surface area contributed by atoms with Gasteiger partial charge in [-0.15, -0.1) is 11.8 Å². The maximum absolute atomic E-state index is 14.0. The van der Waals surface area contributed by atoms with Crippen LogP contribution in [0.25, 0.3) is 0 Å². The second-order valence-electron chi connectivity index (χ2n) is 10.1. The minimum atomic E-state index is -5.23. The molecule has 218 valence electrons. The fourth-order valence-corrected chi connectivity index (χ4v) is 6.54. The standard InChI is InChI=1S/C28H28ClF3N4O4S/c1-33(19-12-10-18(29)11-13-19)17-24(37)34-15-14-23-22(16-34)25(38)35(20-6-3-2-4-7-20)27(41-21-8-5-9-21)36(23)40-26(39)28(30,31)32/h2-4,6-7,10-13,21,27H,5,8-9,14-17H2,1H3. The van der Waals surface area contributed by atoms with E-state index in [1.165, 1.54) is 21.6 Å². The summed E-state index contributed by atoms with van der Waals surface area (Å²) in [6, 6.07) is 15.5. The summed E-state index contributed by atoms with van der Waals surface area (Å²) < 4.78 is 40.1. The molecule has 1 unspecified atom stereocenters. The minimum absolute atomic E-state index is 0.00770. The number of rotatable bonds is 7. The number of hydroxylamine groups is 2. The number of para-hydroxylation sites is 1. The number of halogens is 4. The van der Waals surface area contributed by atoms with Crippen molar-refractivity contribution in [3.05, 3.63) is 70.9 Å². The van der Waals surface area contributed by atoms with Crippen molar-refractivity contribution in [3.63, 3.8) is 0 Å². The fourth-order valence-electron chi connectivity index (χ4n) is 4.84. The zero-order chi connectivity index (χ0) is 29.3. The molecule has 2 heterocycles. The number of alkyl halides is 3. The first-order valence-corrected chi connectivity index (χ1v) is 14.4. The van der Waals surface area contributed by atoms with Gasteiger partial charge < -0.3 is 14.6 Å². The molecule has 5 rings (SSSR count). The summed E-state index contributed by atoms with van der Waals surface area (Å²) in [5, 5.41) is 1.61. The minimum Gasteiger partial charge on any atom is -0.365 e. The molecule has 1 aliphatic carbocycles. The second-order valence-corrected chi connectivity index (χ2v) is 11.8. The number of amides is 2. The topological polar surface area (TPSA) is 73.4 Å². The molecule has 2 aromatic carbocycles. The lowest BCUT2D eigenvalue weighted by molar-refractivity contribution is -0.235. The molecule has 3 aliphatic rings. The molecule has 0 saturated heterocycles. The molecule has 41 heavy (non-hydrogen) atoms. The van der Waals surface area contributed by atoms with E-state index in [4.69, 9.17) is 16.4 Å². The van der Waals surface area contributed by atoms with E-state index in [1.807, 2.05) is 0 Å². The molecule has 2 aromatic rings. The third kappa shape index (κ3) is 6.28. The Kier molecular flexibility index (Phi) is 8.42. The number of likely N-dealkylation sites (N-methyl/N-ethyl adjacent to an activating group) is 1. The van der Waals surface area contributed by atoms with Gasteiger partial charge in [0.15, 0.2) is 5.50 Å². The van der Waals surface area contributed by atoms with Gasteiger partial charge in [-0.25, -0.2) is 4.79 Å². The summed E-state index contributed by atoms with van der Waals surface area (Å²) >= 11 is 7.26. The summed E-state index contributed by atoms with van der Waals surface area (Å²) in [6.45, 7) is 0.0189. The first-order chi connectivity index (χ1) is 19.5. The third-order valence-corrected chi connectivity index (χ3v) is 9.04. The SMILES string of the molecule is CN(CC(=O)N1CCC2=C(C1)C(=O)N(c1ccccc1)C(SC1CCC1)N2OC(=O)C(F)(F)F)c1ccc(Cl)cc1. The number of anilines is 2. The number of carbonyl (C=O) groups excluding carboxylic acids is 3. The molecule has 8 nitrogen and oxygen atoms in total. The molecule has 2 amide bonds. The van der Waals surface area contributed by atoms with Crippen molar-refractivity contribution in [2.24, 2.45) is 0 Å². The third-order valence-electron chi connectivity index (χ3n) is 7.29. The van der Waals surface area contributed by atoms with Crippen LogP contribution >= 0.6 is 23.4 Å². The van der Waals surface area contributed by atoms with Crippen LogP contribution in [0.3, 0.4) is 0 Å². The van der Waals surface area contributed by atoms with Gasteiger partial charge in [0.1, 0.15) is 0 Å². The molecule has 0 bridgehead atoms. The normalized spacial score (nSPS) is 19.6. The molecule has 1 saturated carbocycles. The summed E-state index contributed by atoms with van der Waals surface area (Å²) in [4.78, 5) is 49.0. The molecule has 2 aliphatic heterocycles. The Labute approximate surface area is 244 Å². The van der Waals surface area contributed by atoms with E-state index in [-0.39, 0.29) is 48.5 Å². The highest BCUT2D eigenvalue weighted by atomic mass is 35.5. The van der Waals surface area contributed by atoms with Gasteiger partial charge in [-0.2, -0.15) is 18.2 Å². The van der Waals surface area contributed by atoms with Crippen LogP contribution in [0.2, 0.25) is 5.02 Å². The van der Waals surface area contributed by atoms with Gasteiger partial charge in [-0.3, -0.25) is 14.5 Å². The van der Waals surface area contributed by atoms with Crippen molar-refractivity contribution < 1.29 is 32.4 Å². The van der Waals surface area contributed by atoms with Crippen LogP contribution in [0.5, 0.6) is 0 Å². The first kappa shape index (κ1) is 29.1. The Hall–Kier alpha value is -3.38. The van der Waals surface area contributed by atoms with Gasteiger partial charge >= 0.3 is 12.1 Å². The number of thioether (sulfide) groups is 1. The van der Waals surface area contributed by atoms with Gasteiger partial charge in [-0.1, -0.05) is 36.2 Å². The summed E-state index contributed by atoms with van der Waals surface area (Å²) in [6.07, 6.45) is -2.52. The van der Waals surface area contributed by atoms with E-state index in [1.54, 1.807) is 66.5 Å². The van der Waals surface area contributed by atoms with E-state index >= 15 is 0 Å². The second kappa shape index (κ2) is 11.8.